The van der Waals surface area contributed by atoms with Crippen molar-refractivity contribution >= 4 is 55.8 Å². The number of methoxy groups -OCH3 is 3. The van der Waals surface area contributed by atoms with Crippen LogP contribution in [0, 0.1) is 0 Å². The van der Waals surface area contributed by atoms with Crippen molar-refractivity contribution in [1.29, 1.82) is 0 Å². The van der Waals surface area contributed by atoms with Gasteiger partial charge in [-0.25, -0.2) is 0 Å². The molecule has 9 heteroatoms. The zero-order chi connectivity index (χ0) is 17.1. The Morgan fingerprint density at radius 2 is 0.810 bits per heavy atom. The topological polar surface area (TPSA) is 78.9 Å². The zero-order valence-electron chi connectivity index (χ0n) is 12.5. The van der Waals surface area contributed by atoms with Crippen LogP contribution < -0.4 is 0 Å². The molecule has 0 atom stereocenters. The van der Waals surface area contributed by atoms with E-state index in [1.165, 1.54) is 21.3 Å². The maximum atomic E-state index is 10.1. The normalized spacial score (nSPS) is 8.29. The Bertz CT molecular complexity index is 231. The second kappa shape index (κ2) is 21.8. The lowest BCUT2D eigenvalue weighted by Crippen LogP contribution is -1.99. The van der Waals surface area contributed by atoms with Crippen molar-refractivity contribution in [1.82, 2.24) is 0 Å². The van der Waals surface area contributed by atoms with Gasteiger partial charge >= 0.3 is 17.9 Å². The van der Waals surface area contributed by atoms with Gasteiger partial charge in [-0.1, -0.05) is 0 Å². The third kappa shape index (κ3) is 28.4. The highest BCUT2D eigenvalue weighted by molar-refractivity contribution is 7.80. The summed E-state index contributed by atoms with van der Waals surface area (Å²) in [7, 11) is 4.10. The van der Waals surface area contributed by atoms with Gasteiger partial charge in [0.1, 0.15) is 0 Å². The molecule has 0 aromatic rings. The summed E-state index contributed by atoms with van der Waals surface area (Å²) in [6.45, 7) is 0. The van der Waals surface area contributed by atoms with E-state index in [0.717, 1.165) is 0 Å². The quantitative estimate of drug-likeness (QED) is 0.378. The molecule has 0 unspecified atom stereocenters. The van der Waals surface area contributed by atoms with Crippen molar-refractivity contribution in [2.24, 2.45) is 0 Å². The molecule has 0 saturated carbocycles. The predicted octanol–water partition coefficient (Wildman–Crippen LogP) is 1.44. The summed E-state index contributed by atoms with van der Waals surface area (Å²) >= 11 is 11.4. The van der Waals surface area contributed by atoms with Crippen LogP contribution in [0.25, 0.3) is 0 Å². The summed E-state index contributed by atoms with van der Waals surface area (Å²) in [6, 6.07) is 0. The number of esters is 3. The number of hydrogen-bond donors (Lipinski definition) is 3. The molecular formula is C12H24O6S3. The van der Waals surface area contributed by atoms with Gasteiger partial charge < -0.3 is 14.2 Å². The van der Waals surface area contributed by atoms with E-state index < -0.39 is 0 Å². The van der Waals surface area contributed by atoms with Crippen LogP contribution in [0.15, 0.2) is 0 Å². The lowest BCUT2D eigenvalue weighted by atomic mass is 10.5. The number of ether oxygens (including phenoxy) is 3. The van der Waals surface area contributed by atoms with Crippen molar-refractivity contribution in [3.63, 3.8) is 0 Å². The monoisotopic (exact) mass is 360 g/mol. The summed E-state index contributed by atoms with van der Waals surface area (Å²) in [4.78, 5) is 30.4. The number of thiol groups is 3. The SMILES string of the molecule is COC(=O)CCS.COC(=O)CCS.COC(=O)CCS. The molecule has 0 aromatic carbocycles. The molecule has 0 rings (SSSR count). The van der Waals surface area contributed by atoms with Crippen LogP contribution in [0.2, 0.25) is 0 Å². The van der Waals surface area contributed by atoms with Gasteiger partial charge in [0.2, 0.25) is 0 Å². The van der Waals surface area contributed by atoms with Crippen LogP contribution >= 0.6 is 37.9 Å². The van der Waals surface area contributed by atoms with Gasteiger partial charge in [0.05, 0.1) is 40.6 Å². The first-order valence-electron chi connectivity index (χ1n) is 5.96. The van der Waals surface area contributed by atoms with Gasteiger partial charge in [-0.15, -0.1) is 0 Å². The molecule has 0 saturated heterocycles. The molecule has 0 aliphatic carbocycles. The maximum Gasteiger partial charge on any atom is 0.306 e. The van der Waals surface area contributed by atoms with Crippen LogP contribution in [-0.4, -0.2) is 56.5 Å². The first kappa shape index (κ1) is 25.4. The number of rotatable bonds is 6. The lowest BCUT2D eigenvalue weighted by molar-refractivity contribution is -0.140. The van der Waals surface area contributed by atoms with E-state index in [0.29, 0.717) is 36.5 Å². The van der Waals surface area contributed by atoms with Crippen LogP contribution in [0.1, 0.15) is 19.3 Å². The average molecular weight is 361 g/mol. The number of carbonyl (C=O) groups excluding carboxylic acids is 3. The zero-order valence-corrected chi connectivity index (χ0v) is 15.2. The molecule has 0 fully saturated rings. The summed E-state index contributed by atoms with van der Waals surface area (Å²) < 4.78 is 12.9. The third-order valence-electron chi connectivity index (χ3n) is 1.63. The van der Waals surface area contributed by atoms with Gasteiger partial charge in [0, 0.05) is 17.3 Å². The standard InChI is InChI=1S/3C4H8O2S/c3*1-6-4(5)2-3-7/h3*7H,2-3H2,1H3. The van der Waals surface area contributed by atoms with Gasteiger partial charge in [0.15, 0.2) is 0 Å². The van der Waals surface area contributed by atoms with Gasteiger partial charge in [-0.3, -0.25) is 14.4 Å². The van der Waals surface area contributed by atoms with E-state index in [-0.39, 0.29) is 17.9 Å². The van der Waals surface area contributed by atoms with Crippen LogP contribution in [0.4, 0.5) is 0 Å². The van der Waals surface area contributed by atoms with Crippen molar-refractivity contribution in [3.8, 4) is 0 Å². The molecule has 0 bridgehead atoms. The molecule has 21 heavy (non-hydrogen) atoms. The number of carbonyl (C=O) groups is 3. The van der Waals surface area contributed by atoms with Crippen LogP contribution in [0.5, 0.6) is 0 Å². The third-order valence-corrected chi connectivity index (χ3v) is 2.30. The van der Waals surface area contributed by atoms with Gasteiger partial charge in [0.25, 0.3) is 0 Å². The fraction of sp³-hybridized carbons (Fsp3) is 0.750. The molecule has 0 aromatic heterocycles. The highest BCUT2D eigenvalue weighted by Gasteiger charge is 1.94. The molecule has 0 N–H and O–H groups in total. The largest absolute Gasteiger partial charge is 0.469 e. The first-order chi connectivity index (χ1) is 9.92. The summed E-state index contributed by atoms with van der Waals surface area (Å²) in [5.41, 5.74) is 0. The molecular weight excluding hydrogens is 336 g/mol. The van der Waals surface area contributed by atoms with E-state index in [2.05, 4.69) is 52.1 Å². The van der Waals surface area contributed by atoms with E-state index in [1.54, 1.807) is 0 Å². The van der Waals surface area contributed by atoms with Gasteiger partial charge in [-0.05, 0) is 0 Å². The van der Waals surface area contributed by atoms with Crippen molar-refractivity contribution < 1.29 is 28.6 Å². The maximum absolute atomic E-state index is 10.1. The Labute approximate surface area is 142 Å². The minimum atomic E-state index is -0.199. The van der Waals surface area contributed by atoms with Crippen LogP contribution in [0.3, 0.4) is 0 Å². The smallest absolute Gasteiger partial charge is 0.306 e. The lowest BCUT2D eigenvalue weighted by Gasteiger charge is -1.90. The highest BCUT2D eigenvalue weighted by atomic mass is 32.1. The second-order valence-electron chi connectivity index (χ2n) is 3.15. The van der Waals surface area contributed by atoms with E-state index in [9.17, 15) is 14.4 Å². The highest BCUT2D eigenvalue weighted by Crippen LogP contribution is 1.85. The molecule has 0 amide bonds. The summed E-state index contributed by atoms with van der Waals surface area (Å²) in [6.07, 6.45) is 1.21. The fourth-order valence-electron chi connectivity index (χ4n) is 0.580. The molecule has 0 heterocycles. The fourth-order valence-corrected chi connectivity index (χ4v) is 1.13. The Kier molecular flexibility index (Phi) is 26.3. The van der Waals surface area contributed by atoms with Crippen LogP contribution in [-0.2, 0) is 28.6 Å². The minimum absolute atomic E-state index is 0.199. The van der Waals surface area contributed by atoms with E-state index in [1.807, 2.05) is 0 Å². The summed E-state index contributed by atoms with van der Waals surface area (Å²) in [5, 5.41) is 0. The molecule has 0 spiro atoms. The summed E-state index contributed by atoms with van der Waals surface area (Å²) in [5.74, 6) is 1.09. The van der Waals surface area contributed by atoms with Crippen molar-refractivity contribution in [2.45, 2.75) is 19.3 Å². The van der Waals surface area contributed by atoms with Crippen molar-refractivity contribution in [3.05, 3.63) is 0 Å². The van der Waals surface area contributed by atoms with Gasteiger partial charge in [-0.2, -0.15) is 37.9 Å². The Balaban J connectivity index is -0.000000231. The first-order valence-corrected chi connectivity index (χ1v) is 7.86. The molecule has 0 radical (unpaired) electrons. The van der Waals surface area contributed by atoms with E-state index in [4.69, 9.17) is 0 Å². The molecule has 0 aliphatic rings. The minimum Gasteiger partial charge on any atom is -0.469 e. The molecule has 126 valence electrons. The average Bonchev–Trinajstić information content (AvgIpc) is 2.49. The molecule has 0 aliphatic heterocycles. The Hall–Kier alpha value is -0.540. The van der Waals surface area contributed by atoms with E-state index >= 15 is 0 Å². The predicted molar refractivity (Wildman–Crippen MR) is 91.5 cm³/mol. The number of hydrogen-bond acceptors (Lipinski definition) is 9. The Morgan fingerprint density at radius 3 is 0.857 bits per heavy atom. The van der Waals surface area contributed by atoms with Crippen molar-refractivity contribution in [2.75, 3.05) is 38.6 Å². The molecule has 6 nitrogen and oxygen atoms in total. The second-order valence-corrected chi connectivity index (χ2v) is 4.49. The Morgan fingerprint density at radius 1 is 0.619 bits per heavy atom.